The van der Waals surface area contributed by atoms with Gasteiger partial charge in [-0.05, 0) is 58.4 Å². The molecule has 0 aliphatic carbocycles. The molecule has 2 rings (SSSR count). The van der Waals surface area contributed by atoms with Crippen molar-refractivity contribution in [3.05, 3.63) is 56.4 Å². The van der Waals surface area contributed by atoms with Crippen molar-refractivity contribution in [2.45, 2.75) is 0 Å². The third-order valence-electron chi connectivity index (χ3n) is 2.39. The number of amides is 1. The van der Waals surface area contributed by atoms with E-state index < -0.39 is 0 Å². The smallest absolute Gasteiger partial charge is 0.262 e. The topological polar surface area (TPSA) is 38.3 Å². The molecule has 0 saturated carbocycles. The SMILES string of the molecule is O=C(COc1ccc(Cl)cc1)Nc1cc(Br)ccc1Br. The fourth-order valence-corrected chi connectivity index (χ4v) is 2.29. The summed E-state index contributed by atoms with van der Waals surface area (Å²) in [6.45, 7) is -0.0689. The van der Waals surface area contributed by atoms with Crippen molar-refractivity contribution in [3.63, 3.8) is 0 Å². The van der Waals surface area contributed by atoms with E-state index >= 15 is 0 Å². The van der Waals surface area contributed by atoms with E-state index in [1.807, 2.05) is 18.2 Å². The minimum absolute atomic E-state index is 0.0689. The van der Waals surface area contributed by atoms with Gasteiger partial charge in [0, 0.05) is 14.0 Å². The molecule has 1 N–H and O–H groups in total. The summed E-state index contributed by atoms with van der Waals surface area (Å²) in [7, 11) is 0. The maximum Gasteiger partial charge on any atom is 0.262 e. The lowest BCUT2D eigenvalue weighted by molar-refractivity contribution is -0.118. The van der Waals surface area contributed by atoms with Crippen molar-refractivity contribution >= 4 is 55.1 Å². The Morgan fingerprint density at radius 1 is 1.15 bits per heavy atom. The highest BCUT2D eigenvalue weighted by Gasteiger charge is 2.07. The summed E-state index contributed by atoms with van der Waals surface area (Å²) < 4.78 is 7.06. The van der Waals surface area contributed by atoms with Gasteiger partial charge in [-0.25, -0.2) is 0 Å². The van der Waals surface area contributed by atoms with Gasteiger partial charge in [-0.15, -0.1) is 0 Å². The summed E-state index contributed by atoms with van der Waals surface area (Å²) in [6, 6.07) is 12.4. The van der Waals surface area contributed by atoms with Crippen molar-refractivity contribution in [3.8, 4) is 5.75 Å². The number of rotatable bonds is 4. The molecule has 0 aliphatic heterocycles. The molecular weight excluding hydrogens is 409 g/mol. The Bertz CT molecular complexity index is 617. The first-order valence-corrected chi connectivity index (χ1v) is 7.64. The van der Waals surface area contributed by atoms with Gasteiger partial charge in [0.2, 0.25) is 0 Å². The van der Waals surface area contributed by atoms with Crippen molar-refractivity contribution in [1.82, 2.24) is 0 Å². The second-order valence-electron chi connectivity index (χ2n) is 3.91. The van der Waals surface area contributed by atoms with Crippen LogP contribution in [0.5, 0.6) is 5.75 Å². The first kappa shape index (κ1) is 15.4. The van der Waals surface area contributed by atoms with Crippen molar-refractivity contribution < 1.29 is 9.53 Å². The monoisotopic (exact) mass is 417 g/mol. The number of hydrogen-bond acceptors (Lipinski definition) is 2. The Morgan fingerprint density at radius 3 is 2.55 bits per heavy atom. The van der Waals surface area contributed by atoms with Gasteiger partial charge in [0.1, 0.15) is 5.75 Å². The summed E-state index contributed by atoms with van der Waals surface area (Å²) in [4.78, 5) is 11.8. The number of carbonyl (C=O) groups excluding carboxylic acids is 1. The van der Waals surface area contributed by atoms with Crippen LogP contribution >= 0.6 is 43.5 Å². The summed E-state index contributed by atoms with van der Waals surface area (Å²) >= 11 is 12.5. The molecule has 0 aliphatic rings. The molecule has 0 fully saturated rings. The lowest BCUT2D eigenvalue weighted by Crippen LogP contribution is -2.20. The molecule has 1 amide bonds. The number of hydrogen-bond donors (Lipinski definition) is 1. The largest absolute Gasteiger partial charge is 0.484 e. The third kappa shape index (κ3) is 4.51. The van der Waals surface area contributed by atoms with Crippen LogP contribution < -0.4 is 10.1 Å². The number of halogens is 3. The third-order valence-corrected chi connectivity index (χ3v) is 3.82. The second kappa shape index (κ2) is 7.11. The van der Waals surface area contributed by atoms with Gasteiger partial charge >= 0.3 is 0 Å². The average molecular weight is 420 g/mol. The predicted octanol–water partition coefficient (Wildman–Crippen LogP) is 4.88. The first-order valence-electron chi connectivity index (χ1n) is 5.68. The molecule has 6 heteroatoms. The molecule has 0 aromatic heterocycles. The maximum absolute atomic E-state index is 11.8. The zero-order valence-electron chi connectivity index (χ0n) is 10.2. The van der Waals surface area contributed by atoms with E-state index in [9.17, 15) is 4.79 Å². The summed E-state index contributed by atoms with van der Waals surface area (Å²) in [6.07, 6.45) is 0. The molecule has 3 nitrogen and oxygen atoms in total. The van der Waals surface area contributed by atoms with Crippen molar-refractivity contribution in [2.24, 2.45) is 0 Å². The van der Waals surface area contributed by atoms with Gasteiger partial charge in [-0.2, -0.15) is 0 Å². The highest BCUT2D eigenvalue weighted by molar-refractivity contribution is 9.11. The minimum Gasteiger partial charge on any atom is -0.484 e. The van der Waals surface area contributed by atoms with E-state index in [0.29, 0.717) is 16.5 Å². The van der Waals surface area contributed by atoms with Gasteiger partial charge in [-0.3, -0.25) is 4.79 Å². The first-order chi connectivity index (χ1) is 9.54. The lowest BCUT2D eigenvalue weighted by atomic mass is 10.3. The van der Waals surface area contributed by atoms with Gasteiger partial charge in [-0.1, -0.05) is 27.5 Å². The Balaban J connectivity index is 1.92. The number of carbonyl (C=O) groups is 1. The highest BCUT2D eigenvalue weighted by Crippen LogP contribution is 2.26. The highest BCUT2D eigenvalue weighted by atomic mass is 79.9. The van der Waals surface area contributed by atoms with Gasteiger partial charge in [0.15, 0.2) is 6.61 Å². The molecule has 0 spiro atoms. The van der Waals surface area contributed by atoms with E-state index in [2.05, 4.69) is 37.2 Å². The zero-order chi connectivity index (χ0) is 14.5. The van der Waals surface area contributed by atoms with E-state index in [0.717, 1.165) is 8.95 Å². The molecule has 0 heterocycles. The fourth-order valence-electron chi connectivity index (χ4n) is 1.46. The standard InChI is InChI=1S/C14H10Br2ClNO2/c15-9-1-6-12(16)13(7-9)18-14(19)8-20-11-4-2-10(17)3-5-11/h1-7H,8H2,(H,18,19). The van der Waals surface area contributed by atoms with Crippen LogP contribution in [0.2, 0.25) is 5.02 Å². The van der Waals surface area contributed by atoms with E-state index in [4.69, 9.17) is 16.3 Å². The Kier molecular flexibility index (Phi) is 5.46. The Labute approximate surface area is 138 Å². The van der Waals surface area contributed by atoms with Crippen LogP contribution in [0.1, 0.15) is 0 Å². The predicted molar refractivity (Wildman–Crippen MR) is 87.4 cm³/mol. The minimum atomic E-state index is -0.237. The summed E-state index contributed by atoms with van der Waals surface area (Å²) in [5.74, 6) is 0.358. The zero-order valence-corrected chi connectivity index (χ0v) is 14.1. The second-order valence-corrected chi connectivity index (χ2v) is 6.12. The number of ether oxygens (including phenoxy) is 1. The van der Waals surface area contributed by atoms with E-state index in [1.54, 1.807) is 24.3 Å². The molecule has 0 radical (unpaired) electrons. The van der Waals surface area contributed by atoms with Crippen molar-refractivity contribution in [2.75, 3.05) is 11.9 Å². The molecule has 0 saturated heterocycles. The van der Waals surface area contributed by atoms with Gasteiger partial charge in [0.05, 0.1) is 5.69 Å². The van der Waals surface area contributed by atoms with Crippen LogP contribution in [0.15, 0.2) is 51.4 Å². The van der Waals surface area contributed by atoms with Crippen molar-refractivity contribution in [1.29, 1.82) is 0 Å². The van der Waals surface area contributed by atoms with Gasteiger partial charge < -0.3 is 10.1 Å². The van der Waals surface area contributed by atoms with Crippen LogP contribution in [0, 0.1) is 0 Å². The molecular formula is C14H10Br2ClNO2. The molecule has 104 valence electrons. The molecule has 0 bridgehead atoms. The molecule has 0 unspecified atom stereocenters. The van der Waals surface area contributed by atoms with Crippen LogP contribution in [0.25, 0.3) is 0 Å². The molecule has 2 aromatic rings. The van der Waals surface area contributed by atoms with Crippen LogP contribution in [0.3, 0.4) is 0 Å². The summed E-state index contributed by atoms with van der Waals surface area (Å²) in [5, 5.41) is 3.39. The molecule has 2 aromatic carbocycles. The van der Waals surface area contributed by atoms with Gasteiger partial charge in [0.25, 0.3) is 5.91 Å². The van der Waals surface area contributed by atoms with Crippen LogP contribution in [-0.4, -0.2) is 12.5 Å². The van der Waals surface area contributed by atoms with Crippen LogP contribution in [-0.2, 0) is 4.79 Å². The quantitative estimate of drug-likeness (QED) is 0.767. The number of nitrogens with one attached hydrogen (secondary N) is 1. The summed E-state index contributed by atoms with van der Waals surface area (Å²) in [5.41, 5.74) is 0.684. The number of benzene rings is 2. The Hall–Kier alpha value is -1.04. The Morgan fingerprint density at radius 2 is 1.85 bits per heavy atom. The average Bonchev–Trinajstić information content (AvgIpc) is 2.42. The van der Waals surface area contributed by atoms with Crippen LogP contribution in [0.4, 0.5) is 5.69 Å². The molecule has 0 atom stereocenters. The maximum atomic E-state index is 11.8. The number of anilines is 1. The fraction of sp³-hybridized carbons (Fsp3) is 0.0714. The van der Waals surface area contributed by atoms with E-state index in [-0.39, 0.29) is 12.5 Å². The lowest BCUT2D eigenvalue weighted by Gasteiger charge is -2.09. The van der Waals surface area contributed by atoms with E-state index in [1.165, 1.54) is 0 Å². The normalized spacial score (nSPS) is 10.2. The molecule has 20 heavy (non-hydrogen) atoms.